The highest BCUT2D eigenvalue weighted by Crippen LogP contribution is 2.21. The van der Waals surface area contributed by atoms with E-state index in [0.29, 0.717) is 26.2 Å². The van der Waals surface area contributed by atoms with E-state index in [0.717, 1.165) is 16.9 Å². The van der Waals surface area contributed by atoms with Crippen molar-refractivity contribution >= 4 is 11.8 Å². The van der Waals surface area contributed by atoms with Crippen molar-refractivity contribution in [2.75, 3.05) is 19.7 Å². The first kappa shape index (κ1) is 19.0. The molecule has 2 aromatic carbocycles. The van der Waals surface area contributed by atoms with Crippen LogP contribution < -0.4 is 10.1 Å². The minimum atomic E-state index is -0.290. The highest BCUT2D eigenvalue weighted by atomic mass is 16.5. The van der Waals surface area contributed by atoms with Crippen molar-refractivity contribution in [3.8, 4) is 5.75 Å². The van der Waals surface area contributed by atoms with Gasteiger partial charge in [0.15, 0.2) is 0 Å². The molecule has 2 amide bonds. The molecule has 1 fully saturated rings. The monoisotopic (exact) mass is 366 g/mol. The molecule has 1 aliphatic rings. The maximum atomic E-state index is 12.4. The van der Waals surface area contributed by atoms with E-state index < -0.39 is 0 Å². The average molecular weight is 366 g/mol. The molecule has 2 aromatic rings. The Morgan fingerprint density at radius 1 is 1.19 bits per heavy atom. The molecule has 0 aliphatic carbocycles. The number of benzene rings is 2. The molecular formula is C22H26N2O3. The largest absolute Gasteiger partial charge is 0.491 e. The number of hydrogen-bond acceptors (Lipinski definition) is 3. The van der Waals surface area contributed by atoms with Crippen molar-refractivity contribution in [1.29, 1.82) is 0 Å². The highest BCUT2D eigenvalue weighted by molar-refractivity contribution is 5.89. The lowest BCUT2D eigenvalue weighted by Gasteiger charge is -2.17. The molecular weight excluding hydrogens is 340 g/mol. The molecule has 0 aromatic heterocycles. The topological polar surface area (TPSA) is 58.6 Å². The fraction of sp³-hybridized carbons (Fsp3) is 0.364. The zero-order valence-electron chi connectivity index (χ0n) is 15.9. The van der Waals surface area contributed by atoms with Gasteiger partial charge in [0.2, 0.25) is 11.8 Å². The van der Waals surface area contributed by atoms with Crippen molar-refractivity contribution in [3.63, 3.8) is 0 Å². The van der Waals surface area contributed by atoms with Gasteiger partial charge in [0.05, 0.1) is 12.5 Å². The summed E-state index contributed by atoms with van der Waals surface area (Å²) in [6, 6.07) is 15.9. The van der Waals surface area contributed by atoms with Gasteiger partial charge in [-0.05, 0) is 31.0 Å². The van der Waals surface area contributed by atoms with E-state index in [1.165, 1.54) is 5.56 Å². The molecule has 1 heterocycles. The number of nitrogens with one attached hydrogen (secondary N) is 1. The molecule has 1 aliphatic heterocycles. The predicted molar refractivity (Wildman–Crippen MR) is 104 cm³/mol. The zero-order chi connectivity index (χ0) is 19.2. The third-order valence-electron chi connectivity index (χ3n) is 4.79. The molecule has 142 valence electrons. The number of aryl methyl sites for hydroxylation is 2. The Labute approximate surface area is 160 Å². The van der Waals surface area contributed by atoms with E-state index >= 15 is 0 Å². The molecule has 0 bridgehead atoms. The second-order valence-electron chi connectivity index (χ2n) is 7.07. The summed E-state index contributed by atoms with van der Waals surface area (Å²) >= 11 is 0. The van der Waals surface area contributed by atoms with Gasteiger partial charge in [-0.1, -0.05) is 48.0 Å². The van der Waals surface area contributed by atoms with Gasteiger partial charge in [0, 0.05) is 19.5 Å². The summed E-state index contributed by atoms with van der Waals surface area (Å²) in [5, 5.41) is 2.89. The Morgan fingerprint density at radius 3 is 2.70 bits per heavy atom. The molecule has 1 saturated heterocycles. The minimum Gasteiger partial charge on any atom is -0.491 e. The van der Waals surface area contributed by atoms with Crippen LogP contribution in [0.3, 0.4) is 0 Å². The Balaban J connectivity index is 1.42. The molecule has 3 rings (SSSR count). The summed E-state index contributed by atoms with van der Waals surface area (Å²) in [6.45, 7) is 5.91. The van der Waals surface area contributed by atoms with Crippen LogP contribution in [0.1, 0.15) is 23.1 Å². The number of ether oxygens (including phenoxy) is 1. The lowest BCUT2D eigenvalue weighted by molar-refractivity contribution is -0.129. The van der Waals surface area contributed by atoms with Crippen molar-refractivity contribution in [2.24, 2.45) is 5.92 Å². The van der Waals surface area contributed by atoms with Crippen LogP contribution in [0.4, 0.5) is 0 Å². The van der Waals surface area contributed by atoms with Gasteiger partial charge in [-0.2, -0.15) is 0 Å². The number of likely N-dealkylation sites (tertiary alicyclic amines) is 1. The average Bonchev–Trinajstić information content (AvgIpc) is 3.01. The van der Waals surface area contributed by atoms with Gasteiger partial charge >= 0.3 is 0 Å². The van der Waals surface area contributed by atoms with Gasteiger partial charge in [-0.3, -0.25) is 9.59 Å². The molecule has 27 heavy (non-hydrogen) atoms. The van der Waals surface area contributed by atoms with Crippen LogP contribution in [0.5, 0.6) is 5.75 Å². The highest BCUT2D eigenvalue weighted by Gasteiger charge is 2.33. The molecule has 0 radical (unpaired) electrons. The number of carbonyl (C=O) groups excluding carboxylic acids is 2. The smallest absolute Gasteiger partial charge is 0.225 e. The standard InChI is InChI=1S/C22H26N2O3/c1-16-8-9-20(17(2)12-16)27-11-10-23-22(26)19-13-21(25)24(15-19)14-18-6-4-3-5-7-18/h3-9,12,19H,10-11,13-15H2,1-2H3,(H,23,26)/t19-/m0/s1. The first-order valence-electron chi connectivity index (χ1n) is 9.32. The summed E-state index contributed by atoms with van der Waals surface area (Å²) in [5.41, 5.74) is 3.35. The Bertz CT molecular complexity index is 804. The Kier molecular flexibility index (Phi) is 6.12. The Hall–Kier alpha value is -2.82. The maximum Gasteiger partial charge on any atom is 0.225 e. The number of nitrogens with zero attached hydrogens (tertiary/aromatic N) is 1. The van der Waals surface area contributed by atoms with Gasteiger partial charge in [0.1, 0.15) is 12.4 Å². The van der Waals surface area contributed by atoms with Crippen LogP contribution in [0.25, 0.3) is 0 Å². The van der Waals surface area contributed by atoms with E-state index in [4.69, 9.17) is 4.74 Å². The van der Waals surface area contributed by atoms with Gasteiger partial charge in [-0.15, -0.1) is 0 Å². The van der Waals surface area contributed by atoms with Crippen molar-refractivity contribution in [2.45, 2.75) is 26.8 Å². The normalized spacial score (nSPS) is 16.4. The lowest BCUT2D eigenvalue weighted by atomic mass is 10.1. The van der Waals surface area contributed by atoms with E-state index in [9.17, 15) is 9.59 Å². The lowest BCUT2D eigenvalue weighted by Crippen LogP contribution is -2.35. The molecule has 0 spiro atoms. The van der Waals surface area contributed by atoms with E-state index in [2.05, 4.69) is 11.4 Å². The van der Waals surface area contributed by atoms with Crippen LogP contribution in [-0.2, 0) is 16.1 Å². The maximum absolute atomic E-state index is 12.4. The SMILES string of the molecule is Cc1ccc(OCCNC(=O)[C@H]2CC(=O)N(Cc3ccccc3)C2)c(C)c1. The molecule has 5 heteroatoms. The Morgan fingerprint density at radius 2 is 1.96 bits per heavy atom. The number of carbonyl (C=O) groups is 2. The third kappa shape index (κ3) is 5.09. The number of rotatable bonds is 7. The molecule has 0 unspecified atom stereocenters. The van der Waals surface area contributed by atoms with Gasteiger partial charge in [0.25, 0.3) is 0 Å². The fourth-order valence-corrected chi connectivity index (χ4v) is 3.35. The first-order valence-corrected chi connectivity index (χ1v) is 9.32. The van der Waals surface area contributed by atoms with Crippen LogP contribution in [-0.4, -0.2) is 36.4 Å². The molecule has 0 saturated carbocycles. The molecule has 1 N–H and O–H groups in total. The summed E-state index contributed by atoms with van der Waals surface area (Å²) < 4.78 is 5.73. The fourth-order valence-electron chi connectivity index (χ4n) is 3.35. The van der Waals surface area contributed by atoms with Crippen LogP contribution in [0.2, 0.25) is 0 Å². The third-order valence-corrected chi connectivity index (χ3v) is 4.79. The second-order valence-corrected chi connectivity index (χ2v) is 7.07. The van der Waals surface area contributed by atoms with Gasteiger partial charge in [-0.25, -0.2) is 0 Å². The van der Waals surface area contributed by atoms with E-state index in [1.807, 2.05) is 56.3 Å². The minimum absolute atomic E-state index is 0.0329. The van der Waals surface area contributed by atoms with E-state index in [1.54, 1.807) is 4.90 Å². The van der Waals surface area contributed by atoms with Gasteiger partial charge < -0.3 is 15.0 Å². The van der Waals surface area contributed by atoms with Crippen molar-refractivity contribution in [1.82, 2.24) is 10.2 Å². The summed E-state index contributed by atoms with van der Waals surface area (Å²) in [7, 11) is 0. The van der Waals surface area contributed by atoms with Crippen LogP contribution in [0.15, 0.2) is 48.5 Å². The summed E-state index contributed by atoms with van der Waals surface area (Å²) in [5.74, 6) is 0.496. The van der Waals surface area contributed by atoms with Crippen LogP contribution >= 0.6 is 0 Å². The van der Waals surface area contributed by atoms with Crippen molar-refractivity contribution < 1.29 is 14.3 Å². The summed E-state index contributed by atoms with van der Waals surface area (Å²) in [4.78, 5) is 26.3. The van der Waals surface area contributed by atoms with Crippen LogP contribution in [0, 0.1) is 19.8 Å². The number of hydrogen-bond donors (Lipinski definition) is 1. The predicted octanol–water partition coefficient (Wildman–Crippen LogP) is 2.85. The quantitative estimate of drug-likeness (QED) is 0.767. The molecule has 5 nitrogen and oxygen atoms in total. The number of amides is 2. The van der Waals surface area contributed by atoms with Crippen molar-refractivity contribution in [3.05, 3.63) is 65.2 Å². The summed E-state index contributed by atoms with van der Waals surface area (Å²) in [6.07, 6.45) is 0.274. The van der Waals surface area contributed by atoms with E-state index in [-0.39, 0.29) is 24.2 Å². The molecule has 1 atom stereocenters. The first-order chi connectivity index (χ1) is 13.0. The zero-order valence-corrected chi connectivity index (χ0v) is 15.9. The second kappa shape index (κ2) is 8.71.